The van der Waals surface area contributed by atoms with Gasteiger partial charge >= 0.3 is 0 Å². The van der Waals surface area contributed by atoms with Crippen molar-refractivity contribution in [1.82, 2.24) is 24.8 Å². The van der Waals surface area contributed by atoms with E-state index < -0.39 is 0 Å². The van der Waals surface area contributed by atoms with Crippen molar-refractivity contribution in [3.8, 4) is 11.4 Å². The van der Waals surface area contributed by atoms with Gasteiger partial charge in [0.1, 0.15) is 11.3 Å². The van der Waals surface area contributed by atoms with Crippen LogP contribution in [0.2, 0.25) is 15.1 Å². The van der Waals surface area contributed by atoms with Crippen LogP contribution in [0.3, 0.4) is 0 Å². The summed E-state index contributed by atoms with van der Waals surface area (Å²) >= 11 is 18.7. The maximum absolute atomic E-state index is 6.51. The van der Waals surface area contributed by atoms with Crippen LogP contribution in [-0.4, -0.2) is 32.6 Å². The van der Waals surface area contributed by atoms with E-state index in [1.54, 1.807) is 12.3 Å². The highest BCUT2D eigenvalue weighted by Gasteiger charge is 2.22. The van der Waals surface area contributed by atoms with Crippen molar-refractivity contribution in [1.29, 1.82) is 0 Å². The molecule has 2 aromatic heterocycles. The van der Waals surface area contributed by atoms with E-state index in [2.05, 4.69) is 20.2 Å². The van der Waals surface area contributed by atoms with Crippen molar-refractivity contribution >= 4 is 51.9 Å². The molecule has 4 aromatic rings. The fourth-order valence-corrected chi connectivity index (χ4v) is 4.53. The molecule has 0 radical (unpaired) electrons. The van der Waals surface area contributed by atoms with Gasteiger partial charge in [-0.1, -0.05) is 53.0 Å². The van der Waals surface area contributed by atoms with E-state index in [0.29, 0.717) is 33.5 Å². The molecule has 1 unspecified atom stereocenters. The van der Waals surface area contributed by atoms with Gasteiger partial charge in [-0.3, -0.25) is 0 Å². The van der Waals surface area contributed by atoms with Gasteiger partial charge in [0.05, 0.1) is 21.3 Å². The average Bonchev–Trinajstić information content (AvgIpc) is 3.43. The van der Waals surface area contributed by atoms with Crippen LogP contribution >= 0.6 is 34.8 Å². The summed E-state index contributed by atoms with van der Waals surface area (Å²) in [5.41, 5.74) is 3.42. The molecule has 164 valence electrons. The molecule has 0 saturated carbocycles. The second kappa shape index (κ2) is 9.24. The largest absolute Gasteiger partial charge is 0.350 e. The fraction of sp³-hybridized carbons (Fsp3) is 0.261. The van der Waals surface area contributed by atoms with Gasteiger partial charge in [-0.05, 0) is 55.3 Å². The summed E-state index contributed by atoms with van der Waals surface area (Å²) in [5, 5.41) is 8.44. The van der Waals surface area contributed by atoms with Crippen LogP contribution in [0, 0.1) is 5.92 Å². The van der Waals surface area contributed by atoms with E-state index in [1.165, 1.54) is 0 Å². The minimum Gasteiger partial charge on any atom is -0.350 e. The second-order valence-electron chi connectivity index (χ2n) is 7.89. The molecule has 0 aliphatic carbocycles. The number of nitrogens with one attached hydrogen (secondary N) is 2. The molecule has 32 heavy (non-hydrogen) atoms. The summed E-state index contributed by atoms with van der Waals surface area (Å²) in [6, 6.07) is 13.3. The van der Waals surface area contributed by atoms with E-state index in [1.807, 2.05) is 36.4 Å². The lowest BCUT2D eigenvalue weighted by Gasteiger charge is -2.14. The summed E-state index contributed by atoms with van der Waals surface area (Å²) in [6.45, 7) is 3.35. The number of hydrogen-bond acceptors (Lipinski definition) is 5. The molecule has 0 bridgehead atoms. The summed E-state index contributed by atoms with van der Waals surface area (Å²) in [7, 11) is 0. The summed E-state index contributed by atoms with van der Waals surface area (Å²) in [6.07, 6.45) is 2.87. The fourth-order valence-electron chi connectivity index (χ4n) is 3.98. The van der Waals surface area contributed by atoms with Gasteiger partial charge in [0.15, 0.2) is 5.65 Å². The molecule has 1 aliphatic rings. The van der Waals surface area contributed by atoms with Gasteiger partial charge in [0.2, 0.25) is 5.95 Å². The molecule has 3 heterocycles. The summed E-state index contributed by atoms with van der Waals surface area (Å²) < 4.78 is 2.17. The first-order valence-corrected chi connectivity index (χ1v) is 11.6. The van der Waals surface area contributed by atoms with Crippen molar-refractivity contribution in [3.63, 3.8) is 0 Å². The van der Waals surface area contributed by atoms with Crippen LogP contribution in [-0.2, 0) is 13.1 Å². The van der Waals surface area contributed by atoms with Crippen LogP contribution in [0.5, 0.6) is 0 Å². The van der Waals surface area contributed by atoms with Crippen LogP contribution in [0.25, 0.3) is 22.6 Å². The maximum atomic E-state index is 6.51. The monoisotopic (exact) mass is 486 g/mol. The molecule has 2 aromatic carbocycles. The average molecular weight is 488 g/mol. The smallest absolute Gasteiger partial charge is 0.225 e. The van der Waals surface area contributed by atoms with Crippen molar-refractivity contribution in [2.75, 3.05) is 18.4 Å². The van der Waals surface area contributed by atoms with Gasteiger partial charge in [-0.25, -0.2) is 9.97 Å². The number of halogens is 3. The molecule has 9 heteroatoms. The third kappa shape index (κ3) is 4.41. The number of anilines is 1. The first kappa shape index (κ1) is 21.5. The van der Waals surface area contributed by atoms with Crippen molar-refractivity contribution in [2.24, 2.45) is 5.92 Å². The third-order valence-corrected chi connectivity index (χ3v) is 6.71. The molecule has 0 amide bonds. The third-order valence-electron chi connectivity index (χ3n) is 5.64. The number of benzene rings is 2. The van der Waals surface area contributed by atoms with E-state index in [4.69, 9.17) is 44.8 Å². The molecule has 1 atom stereocenters. The minimum absolute atomic E-state index is 0.510. The van der Waals surface area contributed by atoms with Gasteiger partial charge in [-0.2, -0.15) is 4.98 Å². The lowest BCUT2D eigenvalue weighted by atomic mass is 10.1. The number of imidazole rings is 1. The highest BCUT2D eigenvalue weighted by Crippen LogP contribution is 2.31. The van der Waals surface area contributed by atoms with Gasteiger partial charge in [-0.15, -0.1) is 0 Å². The standard InChI is InChI=1S/C23H21Cl3N6/c24-17-4-2-1-3-16(17)21-30-20-12-29-23(28-11-14-5-6-18(25)19(26)9-14)31-22(20)32(21)13-15-7-8-27-10-15/h1-6,9,12,15,27H,7-8,10-11,13H2,(H,28,29,31). The van der Waals surface area contributed by atoms with Crippen molar-refractivity contribution in [2.45, 2.75) is 19.5 Å². The number of rotatable bonds is 6. The maximum Gasteiger partial charge on any atom is 0.225 e. The molecule has 1 fully saturated rings. The molecule has 1 aliphatic heterocycles. The van der Waals surface area contributed by atoms with E-state index in [-0.39, 0.29) is 0 Å². The van der Waals surface area contributed by atoms with Crippen molar-refractivity contribution in [3.05, 3.63) is 69.3 Å². The lowest BCUT2D eigenvalue weighted by Crippen LogP contribution is -2.16. The Morgan fingerprint density at radius 3 is 2.69 bits per heavy atom. The Bertz CT molecular complexity index is 1270. The van der Waals surface area contributed by atoms with Gasteiger partial charge < -0.3 is 15.2 Å². The Labute approximate surface area is 200 Å². The molecule has 2 N–H and O–H groups in total. The second-order valence-corrected chi connectivity index (χ2v) is 9.11. The predicted octanol–water partition coefficient (Wildman–Crippen LogP) is 5.68. The zero-order chi connectivity index (χ0) is 22.1. The molecule has 5 rings (SSSR count). The minimum atomic E-state index is 0.510. The molecular formula is C23H21Cl3N6. The van der Waals surface area contributed by atoms with Gasteiger partial charge in [0, 0.05) is 18.7 Å². The summed E-state index contributed by atoms with van der Waals surface area (Å²) in [4.78, 5) is 14.1. The Morgan fingerprint density at radius 2 is 1.91 bits per heavy atom. The van der Waals surface area contributed by atoms with Crippen LogP contribution in [0.15, 0.2) is 48.7 Å². The summed E-state index contributed by atoms with van der Waals surface area (Å²) in [5.74, 6) is 1.85. The Hall–Kier alpha value is -2.38. The van der Waals surface area contributed by atoms with Crippen molar-refractivity contribution < 1.29 is 0 Å². The van der Waals surface area contributed by atoms with Gasteiger partial charge in [0.25, 0.3) is 0 Å². The molecule has 0 spiro atoms. The first-order valence-electron chi connectivity index (χ1n) is 10.4. The molecule has 1 saturated heterocycles. The van der Waals surface area contributed by atoms with Crippen LogP contribution in [0.1, 0.15) is 12.0 Å². The Balaban J connectivity index is 1.50. The topological polar surface area (TPSA) is 67.7 Å². The Kier molecular flexibility index (Phi) is 6.20. The number of hydrogen-bond donors (Lipinski definition) is 2. The number of fused-ring (bicyclic) bond motifs is 1. The number of aromatic nitrogens is 4. The normalized spacial score (nSPS) is 16.0. The SMILES string of the molecule is Clc1ccc(CNc2ncc3nc(-c4ccccc4Cl)n(CC4CCNC4)c3n2)cc1Cl. The van der Waals surface area contributed by atoms with E-state index in [0.717, 1.165) is 54.2 Å². The highest BCUT2D eigenvalue weighted by molar-refractivity contribution is 6.42. The quantitative estimate of drug-likeness (QED) is 0.366. The zero-order valence-electron chi connectivity index (χ0n) is 17.2. The first-order chi connectivity index (χ1) is 15.6. The molecular weight excluding hydrogens is 467 g/mol. The number of nitrogens with zero attached hydrogens (tertiary/aromatic N) is 4. The molecule has 6 nitrogen and oxygen atoms in total. The van der Waals surface area contributed by atoms with Crippen LogP contribution < -0.4 is 10.6 Å². The predicted molar refractivity (Wildman–Crippen MR) is 131 cm³/mol. The van der Waals surface area contributed by atoms with E-state index >= 15 is 0 Å². The zero-order valence-corrected chi connectivity index (χ0v) is 19.4. The van der Waals surface area contributed by atoms with Crippen LogP contribution in [0.4, 0.5) is 5.95 Å². The highest BCUT2D eigenvalue weighted by atomic mass is 35.5. The lowest BCUT2D eigenvalue weighted by molar-refractivity contribution is 0.490. The Morgan fingerprint density at radius 1 is 1.03 bits per heavy atom. The van der Waals surface area contributed by atoms with E-state index in [9.17, 15) is 0 Å².